The highest BCUT2D eigenvalue weighted by Crippen LogP contribution is 2.50. The smallest absolute Gasteiger partial charge is 0.290 e. The summed E-state index contributed by atoms with van der Waals surface area (Å²) in [6, 6.07) is 29.4. The molecule has 4 rings (SSSR count). The van der Waals surface area contributed by atoms with E-state index in [9.17, 15) is 20.2 Å². The number of nitrogens with zero attached hydrogens (tertiary/aromatic N) is 2. The van der Waals surface area contributed by atoms with Crippen molar-refractivity contribution in [1.82, 2.24) is 0 Å². The largest absolute Gasteiger partial charge is 0.411 e. The summed E-state index contributed by atoms with van der Waals surface area (Å²) in [7, 11) is 0.161. The lowest BCUT2D eigenvalue weighted by Crippen LogP contribution is -2.34. The van der Waals surface area contributed by atoms with E-state index in [1.165, 1.54) is 12.1 Å². The second-order valence-corrected chi connectivity index (χ2v) is 7.76. The van der Waals surface area contributed by atoms with Gasteiger partial charge in [-0.05, 0) is 22.8 Å². The molecule has 4 aromatic rings. The van der Waals surface area contributed by atoms with Gasteiger partial charge in [0.1, 0.15) is 21.7 Å². The molecule has 164 valence electrons. The molecule has 0 N–H and O–H groups in total. The van der Waals surface area contributed by atoms with E-state index in [1.807, 2.05) is 12.1 Å². The average molecular weight is 457 g/mol. The van der Waals surface area contributed by atoms with Crippen molar-refractivity contribution in [3.63, 3.8) is 0 Å². The minimum absolute atomic E-state index is 0.0914. The lowest BCUT2D eigenvalue weighted by atomic mass is 9.77. The SMILES string of the molecule is O=[N+]([O-])c1ccc(-c2ccccc2)c([N+](=O)[O-])c1C(O[SiH3])(c1ccccc1)c1ccccc1. The summed E-state index contributed by atoms with van der Waals surface area (Å²) in [6.07, 6.45) is 0. The van der Waals surface area contributed by atoms with E-state index in [-0.39, 0.29) is 33.0 Å². The van der Waals surface area contributed by atoms with Gasteiger partial charge < -0.3 is 4.43 Å². The molecule has 0 heterocycles. The van der Waals surface area contributed by atoms with Crippen LogP contribution in [0.5, 0.6) is 0 Å². The van der Waals surface area contributed by atoms with Crippen molar-refractivity contribution in [2.75, 3.05) is 0 Å². The fourth-order valence-electron chi connectivity index (χ4n) is 4.26. The molecule has 0 atom stereocenters. The van der Waals surface area contributed by atoms with Crippen LogP contribution in [0, 0.1) is 20.2 Å². The standard InChI is InChI=1S/C25H20N2O5Si/c28-26(29)22-17-16-21(18-10-4-1-5-11-18)24(27(30)31)23(22)25(32-33,19-12-6-2-7-13-19)20-14-8-3-9-15-20/h1-17H,33H3. The Kier molecular flexibility index (Phi) is 6.12. The summed E-state index contributed by atoms with van der Waals surface area (Å²) in [5.74, 6) is 0. The van der Waals surface area contributed by atoms with Gasteiger partial charge >= 0.3 is 0 Å². The van der Waals surface area contributed by atoms with Crippen LogP contribution < -0.4 is 0 Å². The zero-order valence-electron chi connectivity index (χ0n) is 17.8. The Balaban J connectivity index is 2.22. The van der Waals surface area contributed by atoms with Crippen LogP contribution in [-0.2, 0) is 10.0 Å². The Morgan fingerprint density at radius 3 is 1.58 bits per heavy atom. The first-order valence-corrected chi connectivity index (χ1v) is 11.0. The molecule has 0 saturated carbocycles. The van der Waals surface area contributed by atoms with Crippen molar-refractivity contribution in [2.45, 2.75) is 5.60 Å². The van der Waals surface area contributed by atoms with Gasteiger partial charge in [0.25, 0.3) is 11.4 Å². The van der Waals surface area contributed by atoms with Crippen LogP contribution in [-0.4, -0.2) is 20.3 Å². The van der Waals surface area contributed by atoms with Gasteiger partial charge in [0.15, 0.2) is 0 Å². The zero-order chi connectivity index (χ0) is 23.4. The molecule has 7 nitrogen and oxygen atoms in total. The Hall–Kier alpha value is -4.14. The van der Waals surface area contributed by atoms with Gasteiger partial charge in [0.05, 0.1) is 15.4 Å². The van der Waals surface area contributed by atoms with Crippen molar-refractivity contribution in [2.24, 2.45) is 0 Å². The van der Waals surface area contributed by atoms with E-state index in [4.69, 9.17) is 4.43 Å². The summed E-state index contributed by atoms with van der Waals surface area (Å²) in [6.45, 7) is 0. The van der Waals surface area contributed by atoms with Crippen LogP contribution >= 0.6 is 0 Å². The van der Waals surface area contributed by atoms with Crippen LogP contribution in [0.4, 0.5) is 11.4 Å². The summed E-state index contributed by atoms with van der Waals surface area (Å²) in [5.41, 5.74) is -0.329. The van der Waals surface area contributed by atoms with Crippen LogP contribution in [0.1, 0.15) is 16.7 Å². The molecular weight excluding hydrogens is 436 g/mol. The molecule has 0 unspecified atom stereocenters. The molecule has 0 amide bonds. The molecule has 0 bridgehead atoms. The first-order chi connectivity index (χ1) is 16.0. The van der Waals surface area contributed by atoms with Gasteiger partial charge in [-0.2, -0.15) is 0 Å². The van der Waals surface area contributed by atoms with E-state index in [1.54, 1.807) is 78.9 Å². The van der Waals surface area contributed by atoms with E-state index in [2.05, 4.69) is 0 Å². The highest BCUT2D eigenvalue weighted by Gasteiger charge is 2.47. The van der Waals surface area contributed by atoms with Crippen molar-refractivity contribution >= 4 is 21.9 Å². The molecule has 0 aromatic heterocycles. The molecule has 0 aliphatic carbocycles. The van der Waals surface area contributed by atoms with Gasteiger partial charge in [-0.25, -0.2) is 0 Å². The maximum Gasteiger partial charge on any atom is 0.290 e. The van der Waals surface area contributed by atoms with Gasteiger partial charge in [-0.1, -0.05) is 91.0 Å². The van der Waals surface area contributed by atoms with Crippen LogP contribution in [0.3, 0.4) is 0 Å². The third kappa shape index (κ3) is 3.82. The molecule has 0 saturated heterocycles. The first-order valence-electron chi connectivity index (χ1n) is 10.2. The quantitative estimate of drug-likeness (QED) is 0.173. The Bertz CT molecular complexity index is 1260. The maximum atomic E-state index is 12.6. The summed E-state index contributed by atoms with van der Waals surface area (Å²) in [5, 5.41) is 24.8. The lowest BCUT2D eigenvalue weighted by Gasteiger charge is -2.34. The first kappa shape index (κ1) is 22.1. The Morgan fingerprint density at radius 1 is 0.667 bits per heavy atom. The number of nitro benzene ring substituents is 2. The van der Waals surface area contributed by atoms with Crippen LogP contribution in [0.25, 0.3) is 11.1 Å². The van der Waals surface area contributed by atoms with Gasteiger partial charge in [-0.3, -0.25) is 20.2 Å². The fourth-order valence-corrected chi connectivity index (χ4v) is 4.93. The second-order valence-electron chi connectivity index (χ2n) is 7.35. The molecule has 33 heavy (non-hydrogen) atoms. The molecule has 0 aliphatic rings. The predicted molar refractivity (Wildman–Crippen MR) is 129 cm³/mol. The monoisotopic (exact) mass is 456 g/mol. The van der Waals surface area contributed by atoms with Crippen LogP contribution in [0.2, 0.25) is 0 Å². The number of nitro groups is 2. The van der Waals surface area contributed by atoms with Gasteiger partial charge in [-0.15, -0.1) is 0 Å². The summed E-state index contributed by atoms with van der Waals surface area (Å²) >= 11 is 0. The lowest BCUT2D eigenvalue weighted by molar-refractivity contribution is -0.396. The van der Waals surface area contributed by atoms with E-state index < -0.39 is 15.4 Å². The molecular formula is C25H20N2O5Si. The Labute approximate surface area is 193 Å². The average Bonchev–Trinajstić information content (AvgIpc) is 2.86. The van der Waals surface area contributed by atoms with Gasteiger partial charge in [0, 0.05) is 6.07 Å². The summed E-state index contributed by atoms with van der Waals surface area (Å²) < 4.78 is 6.20. The predicted octanol–water partition coefficient (Wildman–Crippen LogP) is 4.76. The third-order valence-corrected chi connectivity index (χ3v) is 6.25. The highest BCUT2D eigenvalue weighted by molar-refractivity contribution is 5.99. The van der Waals surface area contributed by atoms with E-state index in [0.717, 1.165) is 0 Å². The molecule has 8 heteroatoms. The number of hydrogen-bond donors (Lipinski definition) is 0. The number of benzene rings is 4. The topological polar surface area (TPSA) is 95.5 Å². The second kappa shape index (κ2) is 9.15. The fraction of sp³-hybridized carbons (Fsp3) is 0.0400. The van der Waals surface area contributed by atoms with Crippen molar-refractivity contribution in [3.8, 4) is 11.1 Å². The third-order valence-electron chi connectivity index (χ3n) is 5.64. The molecule has 0 spiro atoms. The minimum Gasteiger partial charge on any atom is -0.411 e. The minimum atomic E-state index is -1.54. The van der Waals surface area contributed by atoms with Crippen molar-refractivity contribution in [3.05, 3.63) is 140 Å². The van der Waals surface area contributed by atoms with E-state index >= 15 is 0 Å². The molecule has 0 fully saturated rings. The number of rotatable bonds is 7. The molecule has 0 aliphatic heterocycles. The summed E-state index contributed by atoms with van der Waals surface area (Å²) in [4.78, 5) is 23.6. The zero-order valence-corrected chi connectivity index (χ0v) is 19.8. The van der Waals surface area contributed by atoms with Crippen LogP contribution in [0.15, 0.2) is 103 Å². The highest BCUT2D eigenvalue weighted by atomic mass is 28.2. The van der Waals surface area contributed by atoms with Crippen molar-refractivity contribution in [1.29, 1.82) is 0 Å². The normalized spacial score (nSPS) is 11.3. The van der Waals surface area contributed by atoms with Gasteiger partial charge in [0.2, 0.25) is 0 Å². The Morgan fingerprint density at radius 2 is 1.15 bits per heavy atom. The number of hydrogen-bond acceptors (Lipinski definition) is 5. The molecule has 0 radical (unpaired) electrons. The van der Waals surface area contributed by atoms with Crippen molar-refractivity contribution < 1.29 is 14.3 Å². The maximum absolute atomic E-state index is 12.6. The molecule has 4 aromatic carbocycles. The van der Waals surface area contributed by atoms with E-state index in [0.29, 0.717) is 16.7 Å².